The average molecular weight is 676 g/mol. The lowest BCUT2D eigenvalue weighted by atomic mass is 10.0. The molecule has 0 aliphatic carbocycles. The Morgan fingerprint density at radius 3 is 2.29 bits per heavy atom. The number of hydrogen-bond donors (Lipinski definition) is 1. The Kier molecular flexibility index (Phi) is 9.52. The van der Waals surface area contributed by atoms with Crippen LogP contribution in [-0.2, 0) is 11.0 Å². The third-order valence-electron chi connectivity index (χ3n) is 8.75. The van der Waals surface area contributed by atoms with Crippen molar-refractivity contribution in [2.45, 2.75) is 31.5 Å². The molecule has 13 heteroatoms. The Bertz CT molecular complexity index is 1880. The second-order valence-electron chi connectivity index (χ2n) is 11.7. The summed E-state index contributed by atoms with van der Waals surface area (Å²) in [7, 11) is 3.09. The number of nitrogens with one attached hydrogen (secondary N) is 1. The highest BCUT2D eigenvalue weighted by atomic mass is 19.4. The van der Waals surface area contributed by atoms with Crippen molar-refractivity contribution in [1.29, 1.82) is 0 Å². The van der Waals surface area contributed by atoms with Crippen LogP contribution in [0.5, 0.6) is 23.0 Å². The van der Waals surface area contributed by atoms with Gasteiger partial charge in [0.15, 0.2) is 11.5 Å². The van der Waals surface area contributed by atoms with Crippen LogP contribution < -0.4 is 34.2 Å². The zero-order chi connectivity index (χ0) is 34.7. The maximum absolute atomic E-state index is 14.4. The molecule has 2 aliphatic rings. The lowest BCUT2D eigenvalue weighted by molar-refractivity contribution is -0.137. The van der Waals surface area contributed by atoms with E-state index in [0.29, 0.717) is 78.5 Å². The number of carbonyl (C=O) groups excluding carboxylic acids is 2. The smallest absolute Gasteiger partial charge is 0.418 e. The van der Waals surface area contributed by atoms with E-state index in [2.05, 4.69) is 16.9 Å². The number of nitrogens with zero attached hydrogens (tertiary/aromatic N) is 4. The van der Waals surface area contributed by atoms with E-state index >= 15 is 0 Å². The summed E-state index contributed by atoms with van der Waals surface area (Å²) in [5, 5.41) is 3.51. The van der Waals surface area contributed by atoms with Crippen LogP contribution in [0.15, 0.2) is 79.5 Å². The molecule has 3 aromatic carbocycles. The first kappa shape index (κ1) is 33.4. The second-order valence-corrected chi connectivity index (χ2v) is 11.7. The van der Waals surface area contributed by atoms with Gasteiger partial charge in [0.25, 0.3) is 0 Å². The van der Waals surface area contributed by atoms with Gasteiger partial charge in [-0.3, -0.25) is 19.6 Å². The van der Waals surface area contributed by atoms with E-state index in [1.807, 2.05) is 0 Å². The van der Waals surface area contributed by atoms with Gasteiger partial charge in [-0.2, -0.15) is 13.2 Å². The summed E-state index contributed by atoms with van der Waals surface area (Å²) in [6, 6.07) is 15.7. The molecule has 3 amide bonds. The predicted octanol–water partition coefficient (Wildman–Crippen LogP) is 7.17. The minimum atomic E-state index is -4.64. The number of fused-ring (bicyclic) bond motifs is 1. The summed E-state index contributed by atoms with van der Waals surface area (Å²) in [5.74, 6) is 1.72. The number of rotatable bonds is 9. The van der Waals surface area contributed by atoms with Crippen molar-refractivity contribution < 1.29 is 37.0 Å². The Morgan fingerprint density at radius 1 is 0.918 bits per heavy atom. The molecule has 256 valence electrons. The molecular formula is C36H36F3N5O5. The molecule has 4 aromatic rings. The first-order valence-electron chi connectivity index (χ1n) is 15.9. The number of benzene rings is 3. The van der Waals surface area contributed by atoms with Crippen molar-refractivity contribution in [2.24, 2.45) is 0 Å². The molecule has 1 N–H and O–H groups in total. The van der Waals surface area contributed by atoms with E-state index in [0.717, 1.165) is 6.07 Å². The van der Waals surface area contributed by atoms with Crippen LogP contribution in [0.3, 0.4) is 0 Å². The van der Waals surface area contributed by atoms with Crippen LogP contribution >= 0.6 is 0 Å². The van der Waals surface area contributed by atoms with Gasteiger partial charge in [-0.15, -0.1) is 0 Å². The quantitative estimate of drug-likeness (QED) is 0.188. The molecule has 0 saturated carbocycles. The maximum atomic E-state index is 14.4. The standard InChI is InChI=1S/C36H36F3N5O5/c1-4-34(45)41-23-12-17-42(18-13-23)30-10-9-25(20-28(30)36(37,38)39)44-16-6-15-43(35(44)46)24-7-5-8-26(19-24)49-31-11-14-40-29-22-33(48-3)32(47-2)21-27(29)31/h4-5,7-11,14,19-23H,1,6,12-13,15-18H2,2-3H3,(H,41,45). The van der Waals surface area contributed by atoms with E-state index < -0.39 is 17.8 Å². The summed E-state index contributed by atoms with van der Waals surface area (Å²) >= 11 is 0. The van der Waals surface area contributed by atoms with Gasteiger partial charge in [-0.1, -0.05) is 12.6 Å². The molecular weight excluding hydrogens is 639 g/mol. The van der Waals surface area contributed by atoms with Crippen LogP contribution in [0.2, 0.25) is 0 Å². The van der Waals surface area contributed by atoms with Gasteiger partial charge in [0.1, 0.15) is 11.5 Å². The summed E-state index contributed by atoms with van der Waals surface area (Å²) in [6.45, 7) is 4.79. The van der Waals surface area contributed by atoms with Crippen molar-refractivity contribution >= 4 is 39.9 Å². The number of methoxy groups -OCH3 is 2. The van der Waals surface area contributed by atoms with Gasteiger partial charge in [0.05, 0.1) is 25.3 Å². The SMILES string of the molecule is C=CC(=O)NC1CCN(c2ccc(N3CCCN(c4cccc(Oc5ccnc6cc(OC)c(OC)cc56)c4)C3=O)cc2C(F)(F)F)CC1. The van der Waals surface area contributed by atoms with Crippen LogP contribution in [0.25, 0.3) is 10.9 Å². The van der Waals surface area contributed by atoms with E-state index in [1.165, 1.54) is 17.0 Å². The minimum Gasteiger partial charge on any atom is -0.493 e. The van der Waals surface area contributed by atoms with E-state index in [9.17, 15) is 22.8 Å². The van der Waals surface area contributed by atoms with Crippen LogP contribution in [0.4, 0.5) is 35.0 Å². The molecule has 10 nitrogen and oxygen atoms in total. The number of ether oxygens (including phenoxy) is 3. The van der Waals surface area contributed by atoms with Crippen molar-refractivity contribution in [1.82, 2.24) is 10.3 Å². The summed E-state index contributed by atoms with van der Waals surface area (Å²) in [4.78, 5) is 34.5. The van der Waals surface area contributed by atoms with E-state index in [1.54, 1.807) is 78.7 Å². The molecule has 0 radical (unpaired) electrons. The highest BCUT2D eigenvalue weighted by molar-refractivity contribution is 6.04. The zero-order valence-corrected chi connectivity index (χ0v) is 27.1. The summed E-state index contributed by atoms with van der Waals surface area (Å²) < 4.78 is 60.4. The number of aromatic nitrogens is 1. The topological polar surface area (TPSA) is 96.5 Å². The van der Waals surface area contributed by atoms with Crippen molar-refractivity contribution in [3.05, 3.63) is 85.1 Å². The lowest BCUT2D eigenvalue weighted by Crippen LogP contribution is -2.49. The van der Waals surface area contributed by atoms with Gasteiger partial charge in [-0.05, 0) is 67.8 Å². The molecule has 2 aliphatic heterocycles. The molecule has 0 spiro atoms. The molecule has 2 fully saturated rings. The number of urea groups is 1. The second kappa shape index (κ2) is 14.0. The molecule has 49 heavy (non-hydrogen) atoms. The number of halogens is 3. The summed E-state index contributed by atoms with van der Waals surface area (Å²) in [5.41, 5.74) is 0.593. The fourth-order valence-electron chi connectivity index (χ4n) is 6.30. The Morgan fingerprint density at radius 2 is 1.61 bits per heavy atom. The lowest BCUT2D eigenvalue weighted by Gasteiger charge is -2.37. The largest absolute Gasteiger partial charge is 0.493 e. The molecule has 6 rings (SSSR count). The molecule has 3 heterocycles. The molecule has 0 unspecified atom stereocenters. The molecule has 0 atom stereocenters. The fraction of sp³-hybridized carbons (Fsp3) is 0.306. The number of amides is 3. The van der Waals surface area contributed by atoms with Gasteiger partial charge >= 0.3 is 12.2 Å². The highest BCUT2D eigenvalue weighted by Gasteiger charge is 2.38. The molecule has 0 bridgehead atoms. The molecule has 2 saturated heterocycles. The van der Waals surface area contributed by atoms with Crippen LogP contribution in [-0.4, -0.2) is 63.4 Å². The van der Waals surface area contributed by atoms with Crippen LogP contribution in [0.1, 0.15) is 24.8 Å². The van der Waals surface area contributed by atoms with Gasteiger partial charge in [0.2, 0.25) is 5.91 Å². The zero-order valence-electron chi connectivity index (χ0n) is 27.1. The van der Waals surface area contributed by atoms with Crippen molar-refractivity contribution in [3.63, 3.8) is 0 Å². The Hall–Kier alpha value is -5.46. The third kappa shape index (κ3) is 7.06. The van der Waals surface area contributed by atoms with Crippen molar-refractivity contribution in [3.8, 4) is 23.0 Å². The minimum absolute atomic E-state index is 0.0515. The maximum Gasteiger partial charge on any atom is 0.418 e. The van der Waals surface area contributed by atoms with E-state index in [-0.39, 0.29) is 29.9 Å². The molecule has 1 aromatic heterocycles. The third-order valence-corrected chi connectivity index (χ3v) is 8.75. The van der Waals surface area contributed by atoms with Gasteiger partial charge in [-0.25, -0.2) is 4.79 Å². The first-order chi connectivity index (χ1) is 23.6. The highest BCUT2D eigenvalue weighted by Crippen LogP contribution is 2.41. The number of alkyl halides is 3. The number of pyridine rings is 1. The number of piperidine rings is 1. The Labute approximate surface area is 281 Å². The Balaban J connectivity index is 1.22. The van der Waals surface area contributed by atoms with Gasteiger partial charge in [0, 0.05) is 73.0 Å². The van der Waals surface area contributed by atoms with Gasteiger partial charge < -0.3 is 24.4 Å². The predicted molar refractivity (Wildman–Crippen MR) is 181 cm³/mol. The number of carbonyl (C=O) groups is 2. The van der Waals surface area contributed by atoms with E-state index in [4.69, 9.17) is 14.2 Å². The average Bonchev–Trinajstić information content (AvgIpc) is 3.11. The van der Waals surface area contributed by atoms with Crippen molar-refractivity contribution in [2.75, 3.05) is 55.1 Å². The number of anilines is 3. The fourth-order valence-corrected chi connectivity index (χ4v) is 6.30. The first-order valence-corrected chi connectivity index (χ1v) is 15.9. The number of hydrogen-bond acceptors (Lipinski definition) is 7. The monoisotopic (exact) mass is 675 g/mol. The van der Waals surface area contributed by atoms with Crippen LogP contribution in [0, 0.1) is 0 Å². The summed E-state index contributed by atoms with van der Waals surface area (Å²) in [6.07, 6.45) is -0.301. The normalized spacial score (nSPS) is 15.7.